The molecule has 0 aromatic carbocycles. The molecule has 0 spiro atoms. The Morgan fingerprint density at radius 3 is 3.06 bits per heavy atom. The fourth-order valence-corrected chi connectivity index (χ4v) is 3.41. The van der Waals surface area contributed by atoms with Gasteiger partial charge < -0.3 is 0 Å². The first-order valence-electron chi connectivity index (χ1n) is 5.47. The second kappa shape index (κ2) is 4.18. The van der Waals surface area contributed by atoms with Crippen LogP contribution in [0.5, 0.6) is 0 Å². The molecule has 0 radical (unpaired) electrons. The molecular weight excluding hydrogens is 333 g/mol. The first-order chi connectivity index (χ1) is 7.81. The topological polar surface area (TPSA) is 30.2 Å². The van der Waals surface area contributed by atoms with Gasteiger partial charge in [0.15, 0.2) is 5.65 Å². The van der Waals surface area contributed by atoms with Gasteiger partial charge in [-0.1, -0.05) is 6.92 Å². The van der Waals surface area contributed by atoms with Crippen LogP contribution in [0.3, 0.4) is 0 Å². The third-order valence-corrected chi connectivity index (χ3v) is 4.95. The van der Waals surface area contributed by atoms with Crippen molar-refractivity contribution in [2.45, 2.75) is 30.7 Å². The van der Waals surface area contributed by atoms with E-state index in [2.05, 4.69) is 45.7 Å². The van der Waals surface area contributed by atoms with Crippen LogP contribution in [0, 0.1) is 3.57 Å². The summed E-state index contributed by atoms with van der Waals surface area (Å²) in [5.74, 6) is 1.76. The highest BCUT2D eigenvalue weighted by molar-refractivity contribution is 14.1. The van der Waals surface area contributed by atoms with Crippen LogP contribution >= 0.6 is 34.4 Å². The highest BCUT2D eigenvalue weighted by Gasteiger charge is 2.27. The molecule has 0 unspecified atom stereocenters. The fraction of sp³-hybridized carbons (Fsp3) is 0.455. The smallest absolute Gasteiger partial charge is 0.169 e. The van der Waals surface area contributed by atoms with Crippen molar-refractivity contribution in [3.63, 3.8) is 0 Å². The molecule has 1 aliphatic carbocycles. The number of fused-ring (bicyclic) bond motifs is 1. The lowest BCUT2D eigenvalue weighted by Crippen LogP contribution is -1.98. The van der Waals surface area contributed by atoms with Gasteiger partial charge in [-0.25, -0.2) is 9.50 Å². The highest BCUT2D eigenvalue weighted by atomic mass is 127. The summed E-state index contributed by atoms with van der Waals surface area (Å²) in [6, 6.07) is 2.11. The maximum atomic E-state index is 4.67. The van der Waals surface area contributed by atoms with E-state index in [0.717, 1.165) is 16.4 Å². The van der Waals surface area contributed by atoms with Crippen molar-refractivity contribution in [3.8, 4) is 0 Å². The van der Waals surface area contributed by atoms with E-state index in [1.165, 1.54) is 22.1 Å². The summed E-state index contributed by atoms with van der Waals surface area (Å²) in [6.07, 6.45) is 4.50. The number of hydrogen-bond donors (Lipinski definition) is 0. The molecule has 2 aromatic rings. The van der Waals surface area contributed by atoms with Gasteiger partial charge in [-0.15, -0.1) is 11.8 Å². The summed E-state index contributed by atoms with van der Waals surface area (Å²) in [6.45, 7) is 2.15. The summed E-state index contributed by atoms with van der Waals surface area (Å²) < 4.78 is 3.23. The van der Waals surface area contributed by atoms with Crippen molar-refractivity contribution in [1.29, 1.82) is 0 Å². The molecule has 2 heterocycles. The van der Waals surface area contributed by atoms with Crippen molar-refractivity contribution in [2.24, 2.45) is 0 Å². The predicted octanol–water partition coefficient (Wildman–Crippen LogP) is 3.32. The molecule has 5 heteroatoms. The van der Waals surface area contributed by atoms with E-state index in [1.807, 2.05) is 10.7 Å². The van der Waals surface area contributed by atoms with E-state index >= 15 is 0 Å². The van der Waals surface area contributed by atoms with Crippen LogP contribution in [-0.4, -0.2) is 20.4 Å². The SMILES string of the molecule is CCSc1nn2c(C3CC3)ccnc2c1I. The lowest BCUT2D eigenvalue weighted by atomic mass is 10.3. The monoisotopic (exact) mass is 345 g/mol. The van der Waals surface area contributed by atoms with Gasteiger partial charge in [-0.3, -0.25) is 0 Å². The molecule has 0 N–H and O–H groups in total. The second-order valence-electron chi connectivity index (χ2n) is 3.93. The third-order valence-electron chi connectivity index (χ3n) is 2.74. The molecule has 1 saturated carbocycles. The first kappa shape index (κ1) is 10.8. The Morgan fingerprint density at radius 1 is 1.56 bits per heavy atom. The normalized spacial score (nSPS) is 15.9. The Labute approximate surface area is 112 Å². The summed E-state index contributed by atoms with van der Waals surface area (Å²) in [5.41, 5.74) is 2.34. The number of aromatic nitrogens is 3. The summed E-state index contributed by atoms with van der Waals surface area (Å²) >= 11 is 4.14. The number of nitrogens with zero attached hydrogens (tertiary/aromatic N) is 3. The van der Waals surface area contributed by atoms with Gasteiger partial charge in [0.2, 0.25) is 0 Å². The average Bonchev–Trinajstić information content (AvgIpc) is 3.07. The number of thioether (sulfide) groups is 1. The van der Waals surface area contributed by atoms with Crippen LogP contribution in [0.25, 0.3) is 5.65 Å². The van der Waals surface area contributed by atoms with Gasteiger partial charge in [-0.2, -0.15) is 5.10 Å². The molecule has 1 fully saturated rings. The van der Waals surface area contributed by atoms with Gasteiger partial charge in [-0.05, 0) is 47.3 Å². The van der Waals surface area contributed by atoms with Gasteiger partial charge in [0.05, 0.1) is 3.57 Å². The van der Waals surface area contributed by atoms with Crippen LogP contribution < -0.4 is 0 Å². The zero-order valence-electron chi connectivity index (χ0n) is 8.98. The van der Waals surface area contributed by atoms with Crippen LogP contribution in [0.1, 0.15) is 31.4 Å². The van der Waals surface area contributed by atoms with Gasteiger partial charge in [0.1, 0.15) is 5.03 Å². The molecule has 0 atom stereocenters. The molecule has 0 bridgehead atoms. The number of hydrogen-bond acceptors (Lipinski definition) is 3. The largest absolute Gasteiger partial charge is 0.236 e. The van der Waals surface area contributed by atoms with Crippen molar-refractivity contribution in [1.82, 2.24) is 14.6 Å². The Hall–Kier alpha value is -0.300. The van der Waals surface area contributed by atoms with E-state index in [4.69, 9.17) is 0 Å². The Balaban J connectivity index is 2.19. The van der Waals surface area contributed by atoms with Gasteiger partial charge >= 0.3 is 0 Å². The lowest BCUT2D eigenvalue weighted by Gasteiger charge is -2.00. The van der Waals surface area contributed by atoms with E-state index in [0.29, 0.717) is 5.92 Å². The predicted molar refractivity (Wildman–Crippen MR) is 74.1 cm³/mol. The fourth-order valence-electron chi connectivity index (χ4n) is 1.83. The van der Waals surface area contributed by atoms with Crippen molar-refractivity contribution in [2.75, 3.05) is 5.75 Å². The average molecular weight is 345 g/mol. The molecule has 0 amide bonds. The summed E-state index contributed by atoms with van der Waals surface area (Å²) in [7, 11) is 0. The van der Waals surface area contributed by atoms with Crippen LogP contribution in [-0.2, 0) is 0 Å². The lowest BCUT2D eigenvalue weighted by molar-refractivity contribution is 0.812. The number of rotatable bonds is 3. The van der Waals surface area contributed by atoms with Crippen LogP contribution in [0.2, 0.25) is 0 Å². The summed E-state index contributed by atoms with van der Waals surface area (Å²) in [4.78, 5) is 4.43. The van der Waals surface area contributed by atoms with E-state index in [1.54, 1.807) is 11.8 Å². The first-order valence-corrected chi connectivity index (χ1v) is 7.53. The molecule has 0 saturated heterocycles. The molecule has 2 aromatic heterocycles. The highest BCUT2D eigenvalue weighted by Crippen LogP contribution is 2.40. The number of halogens is 1. The van der Waals surface area contributed by atoms with Gasteiger partial charge in [0, 0.05) is 17.8 Å². The molecule has 3 nitrogen and oxygen atoms in total. The molecule has 84 valence electrons. The van der Waals surface area contributed by atoms with Crippen LogP contribution in [0.4, 0.5) is 0 Å². The molecule has 0 aliphatic heterocycles. The van der Waals surface area contributed by atoms with E-state index in [9.17, 15) is 0 Å². The Kier molecular flexibility index (Phi) is 2.83. The second-order valence-corrected chi connectivity index (χ2v) is 6.26. The Morgan fingerprint density at radius 2 is 2.38 bits per heavy atom. The summed E-state index contributed by atoms with van der Waals surface area (Å²) in [5, 5.41) is 5.79. The quantitative estimate of drug-likeness (QED) is 0.632. The van der Waals surface area contributed by atoms with Crippen molar-refractivity contribution in [3.05, 3.63) is 21.5 Å². The third kappa shape index (κ3) is 1.73. The Bertz CT molecular complexity index is 533. The minimum atomic E-state index is 0.709. The molecule has 16 heavy (non-hydrogen) atoms. The van der Waals surface area contributed by atoms with E-state index < -0.39 is 0 Å². The van der Waals surface area contributed by atoms with Crippen molar-refractivity contribution >= 4 is 40.0 Å². The standard InChI is InChI=1S/C11H12IN3S/c1-2-16-11-9(12)10-13-6-5-8(7-3-4-7)15(10)14-11/h5-7H,2-4H2,1H3. The maximum Gasteiger partial charge on any atom is 0.169 e. The van der Waals surface area contributed by atoms with Gasteiger partial charge in [0.25, 0.3) is 0 Å². The molecular formula is C11H12IN3S. The van der Waals surface area contributed by atoms with E-state index in [-0.39, 0.29) is 0 Å². The van der Waals surface area contributed by atoms with Crippen molar-refractivity contribution < 1.29 is 0 Å². The van der Waals surface area contributed by atoms with Crippen LogP contribution in [0.15, 0.2) is 17.3 Å². The zero-order chi connectivity index (χ0) is 11.1. The minimum absolute atomic E-state index is 0.709. The molecule has 1 aliphatic rings. The maximum absolute atomic E-state index is 4.67. The zero-order valence-corrected chi connectivity index (χ0v) is 12.0. The molecule has 3 rings (SSSR count). The minimum Gasteiger partial charge on any atom is -0.236 e.